The molecule has 0 aliphatic rings. The Kier molecular flexibility index (Phi) is 36.4. The lowest BCUT2D eigenvalue weighted by molar-refractivity contribution is -0.119. The van der Waals surface area contributed by atoms with Crippen LogP contribution in [0.2, 0.25) is 0 Å². The number of carbonyl (C=O) groups excluding carboxylic acids is 1. The van der Waals surface area contributed by atoms with Crippen LogP contribution >= 0.6 is 0 Å². The molecule has 0 N–H and O–H groups in total. The summed E-state index contributed by atoms with van der Waals surface area (Å²) in [4.78, 5) is 12.1. The summed E-state index contributed by atoms with van der Waals surface area (Å²) in [7, 11) is 0. The van der Waals surface area contributed by atoms with Gasteiger partial charge in [-0.1, -0.05) is 219 Å². The van der Waals surface area contributed by atoms with Gasteiger partial charge in [0.25, 0.3) is 0 Å². The van der Waals surface area contributed by atoms with Gasteiger partial charge >= 0.3 is 0 Å². The highest BCUT2D eigenvalue weighted by atomic mass is 16.1. The fourth-order valence-electron chi connectivity index (χ4n) is 6.22. The van der Waals surface area contributed by atoms with E-state index in [1.807, 2.05) is 0 Å². The molecule has 0 rings (SSSR count). The first-order valence-electron chi connectivity index (χ1n) is 19.3. The van der Waals surface area contributed by atoms with Crippen molar-refractivity contribution in [1.82, 2.24) is 0 Å². The Labute approximate surface area is 255 Å². The molecule has 0 fully saturated rings. The number of hydrogen-bond acceptors (Lipinski definition) is 1. The van der Waals surface area contributed by atoms with Crippen LogP contribution in [0.25, 0.3) is 0 Å². The van der Waals surface area contributed by atoms with Crippen LogP contribution in [0, 0.1) is 0 Å². The third kappa shape index (κ3) is 35.7. The summed E-state index contributed by atoms with van der Waals surface area (Å²) in [6.45, 7) is 4.58. The standard InChI is InChI=1S/C39H78O/c1-3-5-7-9-11-13-14-15-16-17-18-19-20-21-22-23-24-25-26-27-28-29-30-32-34-36-38-39(40)37-35-33-31-12-10-8-6-4-2/h3-38H2,1-2H3. The minimum atomic E-state index is 0.523. The van der Waals surface area contributed by atoms with Gasteiger partial charge in [0.2, 0.25) is 0 Å². The largest absolute Gasteiger partial charge is 0.300 e. The van der Waals surface area contributed by atoms with Crippen molar-refractivity contribution in [3.63, 3.8) is 0 Å². The van der Waals surface area contributed by atoms with Crippen molar-refractivity contribution in [1.29, 1.82) is 0 Å². The molecule has 0 aromatic carbocycles. The van der Waals surface area contributed by atoms with E-state index in [0.29, 0.717) is 5.78 Å². The molecule has 0 saturated heterocycles. The maximum absolute atomic E-state index is 12.1. The van der Waals surface area contributed by atoms with Crippen LogP contribution in [0.3, 0.4) is 0 Å². The monoisotopic (exact) mass is 563 g/mol. The Bertz CT molecular complexity index is 456. The maximum atomic E-state index is 12.1. The van der Waals surface area contributed by atoms with E-state index in [-0.39, 0.29) is 0 Å². The molecule has 240 valence electrons. The maximum Gasteiger partial charge on any atom is 0.132 e. The summed E-state index contributed by atoms with van der Waals surface area (Å²) in [5, 5.41) is 0. The van der Waals surface area contributed by atoms with Crippen LogP contribution in [0.4, 0.5) is 0 Å². The van der Waals surface area contributed by atoms with Gasteiger partial charge < -0.3 is 0 Å². The second kappa shape index (κ2) is 36.7. The van der Waals surface area contributed by atoms with Crippen molar-refractivity contribution < 1.29 is 4.79 Å². The van der Waals surface area contributed by atoms with Gasteiger partial charge in [-0.15, -0.1) is 0 Å². The highest BCUT2D eigenvalue weighted by molar-refractivity contribution is 5.78. The van der Waals surface area contributed by atoms with Crippen LogP contribution in [-0.2, 0) is 4.79 Å². The van der Waals surface area contributed by atoms with Gasteiger partial charge in [-0.05, 0) is 12.8 Å². The second-order valence-electron chi connectivity index (χ2n) is 13.4. The molecule has 0 unspecified atom stereocenters. The lowest BCUT2D eigenvalue weighted by Gasteiger charge is -2.05. The Morgan fingerprint density at radius 3 is 0.575 bits per heavy atom. The first kappa shape index (κ1) is 39.7. The first-order valence-corrected chi connectivity index (χ1v) is 19.3. The fraction of sp³-hybridized carbons (Fsp3) is 0.974. The second-order valence-corrected chi connectivity index (χ2v) is 13.4. The van der Waals surface area contributed by atoms with Gasteiger partial charge in [-0.3, -0.25) is 4.79 Å². The van der Waals surface area contributed by atoms with E-state index in [9.17, 15) is 4.79 Å². The summed E-state index contributed by atoms with van der Waals surface area (Å²) in [6, 6.07) is 0. The van der Waals surface area contributed by atoms with Gasteiger partial charge in [0, 0.05) is 12.8 Å². The molecule has 0 amide bonds. The van der Waals surface area contributed by atoms with Gasteiger partial charge in [-0.25, -0.2) is 0 Å². The van der Waals surface area contributed by atoms with E-state index >= 15 is 0 Å². The highest BCUT2D eigenvalue weighted by Crippen LogP contribution is 2.17. The topological polar surface area (TPSA) is 17.1 Å². The molecule has 0 aliphatic carbocycles. The number of carbonyl (C=O) groups is 1. The van der Waals surface area contributed by atoms with Crippen molar-refractivity contribution >= 4 is 5.78 Å². The number of ketones is 1. The van der Waals surface area contributed by atoms with Crippen molar-refractivity contribution in [3.8, 4) is 0 Å². The Morgan fingerprint density at radius 1 is 0.250 bits per heavy atom. The molecule has 0 aromatic rings. The van der Waals surface area contributed by atoms with Gasteiger partial charge in [0.05, 0.1) is 0 Å². The molecule has 1 nitrogen and oxygen atoms in total. The van der Waals surface area contributed by atoms with E-state index in [0.717, 1.165) is 25.7 Å². The van der Waals surface area contributed by atoms with Crippen molar-refractivity contribution in [2.45, 2.75) is 245 Å². The zero-order valence-electron chi connectivity index (χ0n) is 28.4. The lowest BCUT2D eigenvalue weighted by atomic mass is 10.0. The van der Waals surface area contributed by atoms with E-state index in [4.69, 9.17) is 0 Å². The average Bonchev–Trinajstić information content (AvgIpc) is 2.96. The smallest absolute Gasteiger partial charge is 0.132 e. The molecule has 0 aromatic heterocycles. The van der Waals surface area contributed by atoms with Gasteiger partial charge in [0.15, 0.2) is 0 Å². The zero-order valence-corrected chi connectivity index (χ0v) is 28.4. The summed E-state index contributed by atoms with van der Waals surface area (Å²) in [6.07, 6.45) is 49.5. The molecule has 0 radical (unpaired) electrons. The number of hydrogen-bond donors (Lipinski definition) is 0. The zero-order chi connectivity index (χ0) is 29.0. The average molecular weight is 563 g/mol. The van der Waals surface area contributed by atoms with E-state index in [2.05, 4.69) is 13.8 Å². The number of rotatable bonds is 36. The van der Waals surface area contributed by atoms with Crippen molar-refractivity contribution in [2.24, 2.45) is 0 Å². The van der Waals surface area contributed by atoms with Gasteiger partial charge in [0.1, 0.15) is 5.78 Å². The lowest BCUT2D eigenvalue weighted by Crippen LogP contribution is -1.97. The van der Waals surface area contributed by atoms with Crippen molar-refractivity contribution in [3.05, 3.63) is 0 Å². The number of Topliss-reactive ketones (excluding diaryl/α,β-unsaturated/α-hetero) is 1. The summed E-state index contributed by atoms with van der Waals surface area (Å²) >= 11 is 0. The molecule has 0 aliphatic heterocycles. The van der Waals surface area contributed by atoms with E-state index in [1.165, 1.54) is 205 Å². The quantitative estimate of drug-likeness (QED) is 0.0694. The molecule has 40 heavy (non-hydrogen) atoms. The predicted octanol–water partition coefficient (Wildman–Crippen LogP) is 14.6. The minimum Gasteiger partial charge on any atom is -0.300 e. The molecule has 0 atom stereocenters. The third-order valence-corrected chi connectivity index (χ3v) is 9.12. The van der Waals surface area contributed by atoms with Crippen LogP contribution in [-0.4, -0.2) is 5.78 Å². The molecule has 0 heterocycles. The predicted molar refractivity (Wildman–Crippen MR) is 183 cm³/mol. The van der Waals surface area contributed by atoms with Crippen LogP contribution in [0.1, 0.15) is 245 Å². The SMILES string of the molecule is CCCCCCCCCCCCCCCCCCCCCCCCCCCCC(=O)CCCCCCCCCC. The van der Waals surface area contributed by atoms with Gasteiger partial charge in [-0.2, -0.15) is 0 Å². The highest BCUT2D eigenvalue weighted by Gasteiger charge is 2.02. The molecular weight excluding hydrogens is 484 g/mol. The summed E-state index contributed by atoms with van der Waals surface area (Å²) < 4.78 is 0. The minimum absolute atomic E-state index is 0.523. The third-order valence-electron chi connectivity index (χ3n) is 9.12. The van der Waals surface area contributed by atoms with Crippen LogP contribution in [0.5, 0.6) is 0 Å². The van der Waals surface area contributed by atoms with Crippen LogP contribution in [0.15, 0.2) is 0 Å². The van der Waals surface area contributed by atoms with Crippen molar-refractivity contribution in [2.75, 3.05) is 0 Å². The summed E-state index contributed by atoms with van der Waals surface area (Å²) in [5.41, 5.74) is 0. The van der Waals surface area contributed by atoms with Crippen LogP contribution < -0.4 is 0 Å². The van der Waals surface area contributed by atoms with E-state index in [1.54, 1.807) is 0 Å². The Hall–Kier alpha value is -0.330. The Balaban J connectivity index is 3.10. The number of unbranched alkanes of at least 4 members (excludes halogenated alkanes) is 32. The molecular formula is C39H78O. The van der Waals surface area contributed by atoms with E-state index < -0.39 is 0 Å². The molecule has 0 spiro atoms. The summed E-state index contributed by atoms with van der Waals surface area (Å²) in [5.74, 6) is 0.523. The fourth-order valence-corrected chi connectivity index (χ4v) is 6.22. The molecule has 0 saturated carbocycles. The normalized spacial score (nSPS) is 11.4. The Morgan fingerprint density at radius 2 is 0.400 bits per heavy atom. The molecule has 0 bridgehead atoms. The molecule has 1 heteroatoms. The first-order chi connectivity index (χ1) is 19.8.